The van der Waals surface area contributed by atoms with Gasteiger partial charge in [-0.2, -0.15) is 0 Å². The molecule has 20 heavy (non-hydrogen) atoms. The number of nitrogens with zero attached hydrogens (tertiary/aromatic N) is 2. The van der Waals surface area contributed by atoms with Crippen molar-refractivity contribution in [1.29, 1.82) is 0 Å². The second kappa shape index (κ2) is 5.26. The van der Waals surface area contributed by atoms with Crippen LogP contribution in [0.15, 0.2) is 30.6 Å². The van der Waals surface area contributed by atoms with E-state index in [-0.39, 0.29) is 5.69 Å². The highest BCUT2D eigenvalue weighted by atomic mass is 16.1. The summed E-state index contributed by atoms with van der Waals surface area (Å²) in [6.45, 7) is 2.41. The van der Waals surface area contributed by atoms with E-state index >= 15 is 0 Å². The number of primary amides is 1. The molecular weight excluding hydrogens is 254 g/mol. The lowest BCUT2D eigenvalue weighted by atomic mass is 10.1. The first-order valence-electron chi connectivity index (χ1n) is 6.40. The maximum absolute atomic E-state index is 11.3. The maximum Gasteiger partial charge on any atom is 0.271 e. The second-order valence-corrected chi connectivity index (χ2v) is 4.68. The van der Waals surface area contributed by atoms with Crippen LogP contribution in [0, 0.1) is 0 Å². The Morgan fingerprint density at radius 1 is 1.25 bits per heavy atom. The topological polar surface area (TPSA) is 92.9 Å². The molecule has 0 unspecified atom stereocenters. The average molecular weight is 269 g/mol. The zero-order valence-electron chi connectivity index (χ0n) is 10.9. The summed E-state index contributed by atoms with van der Waals surface area (Å²) in [6, 6.07) is 6.35. The van der Waals surface area contributed by atoms with Crippen LogP contribution in [0.5, 0.6) is 0 Å². The van der Waals surface area contributed by atoms with Gasteiger partial charge in [-0.15, -0.1) is 0 Å². The largest absolute Gasteiger partial charge is 0.364 e. The molecule has 1 aromatic carbocycles. The average Bonchev–Trinajstić information content (AvgIpc) is 2.92. The number of rotatable bonds is 4. The van der Waals surface area contributed by atoms with Gasteiger partial charge in [0, 0.05) is 32.0 Å². The van der Waals surface area contributed by atoms with Gasteiger partial charge in [-0.05, 0) is 16.7 Å². The molecule has 1 aliphatic heterocycles. The van der Waals surface area contributed by atoms with Crippen LogP contribution in [-0.2, 0) is 19.6 Å². The SMILES string of the molecule is NC(=O)c1nccnc1NCc1ccc2c(c1)CNC2. The molecule has 0 atom stereocenters. The van der Waals surface area contributed by atoms with Crippen LogP contribution in [0.25, 0.3) is 0 Å². The number of hydrogen-bond donors (Lipinski definition) is 3. The molecule has 1 aliphatic rings. The number of fused-ring (bicyclic) bond motifs is 1. The highest BCUT2D eigenvalue weighted by molar-refractivity contribution is 5.95. The van der Waals surface area contributed by atoms with Gasteiger partial charge in [-0.1, -0.05) is 18.2 Å². The number of nitrogens with two attached hydrogens (primary N) is 1. The first kappa shape index (κ1) is 12.6. The van der Waals surface area contributed by atoms with Crippen LogP contribution in [-0.4, -0.2) is 15.9 Å². The molecule has 0 radical (unpaired) electrons. The minimum atomic E-state index is -0.584. The van der Waals surface area contributed by atoms with Crippen LogP contribution in [0.3, 0.4) is 0 Å². The Labute approximate surface area is 116 Å². The summed E-state index contributed by atoms with van der Waals surface area (Å²) in [6.07, 6.45) is 2.98. The van der Waals surface area contributed by atoms with E-state index in [9.17, 15) is 4.79 Å². The molecule has 6 nitrogen and oxygen atoms in total. The van der Waals surface area contributed by atoms with Gasteiger partial charge >= 0.3 is 0 Å². The maximum atomic E-state index is 11.3. The smallest absolute Gasteiger partial charge is 0.271 e. The molecule has 0 fully saturated rings. The minimum Gasteiger partial charge on any atom is -0.364 e. The number of hydrogen-bond acceptors (Lipinski definition) is 5. The van der Waals surface area contributed by atoms with Crippen molar-refractivity contribution in [3.63, 3.8) is 0 Å². The lowest BCUT2D eigenvalue weighted by Crippen LogP contribution is -2.17. The van der Waals surface area contributed by atoms with Gasteiger partial charge in [0.05, 0.1) is 0 Å². The third-order valence-electron chi connectivity index (χ3n) is 3.29. The van der Waals surface area contributed by atoms with E-state index in [1.165, 1.54) is 23.5 Å². The summed E-state index contributed by atoms with van der Waals surface area (Å²) in [5.74, 6) is -0.169. The molecule has 2 heterocycles. The molecule has 0 aliphatic carbocycles. The molecule has 2 aromatic rings. The van der Waals surface area contributed by atoms with E-state index in [0.29, 0.717) is 12.4 Å². The van der Waals surface area contributed by atoms with Gasteiger partial charge in [0.1, 0.15) is 0 Å². The van der Waals surface area contributed by atoms with Crippen LogP contribution >= 0.6 is 0 Å². The van der Waals surface area contributed by atoms with E-state index in [2.05, 4.69) is 38.8 Å². The van der Waals surface area contributed by atoms with Crippen molar-refractivity contribution in [2.75, 3.05) is 5.32 Å². The predicted octanol–water partition coefficient (Wildman–Crippen LogP) is 0.791. The molecule has 0 saturated heterocycles. The Balaban J connectivity index is 1.75. The summed E-state index contributed by atoms with van der Waals surface area (Å²) in [5.41, 5.74) is 9.22. The number of amides is 1. The first-order chi connectivity index (χ1) is 9.74. The van der Waals surface area contributed by atoms with Crippen LogP contribution in [0.2, 0.25) is 0 Å². The summed E-state index contributed by atoms with van der Waals surface area (Å²) >= 11 is 0. The highest BCUT2D eigenvalue weighted by Gasteiger charge is 2.12. The third kappa shape index (κ3) is 2.46. The van der Waals surface area contributed by atoms with Gasteiger partial charge in [-0.3, -0.25) is 4.79 Å². The molecule has 1 amide bonds. The molecule has 0 spiro atoms. The quantitative estimate of drug-likeness (QED) is 0.763. The van der Waals surface area contributed by atoms with Gasteiger partial charge in [0.25, 0.3) is 5.91 Å². The van der Waals surface area contributed by atoms with Crippen molar-refractivity contribution in [3.8, 4) is 0 Å². The standard InChI is InChI=1S/C14H15N5O/c15-13(20)12-14(18-4-3-17-12)19-6-9-1-2-10-7-16-8-11(10)5-9/h1-5,16H,6-8H2,(H2,15,20)(H,18,19). The Morgan fingerprint density at radius 2 is 2.05 bits per heavy atom. The number of aromatic nitrogens is 2. The lowest BCUT2D eigenvalue weighted by Gasteiger charge is -2.09. The van der Waals surface area contributed by atoms with Crippen molar-refractivity contribution >= 4 is 11.7 Å². The van der Waals surface area contributed by atoms with Crippen LogP contribution in [0.4, 0.5) is 5.82 Å². The van der Waals surface area contributed by atoms with Crippen molar-refractivity contribution in [2.24, 2.45) is 5.73 Å². The van der Waals surface area contributed by atoms with Crippen molar-refractivity contribution < 1.29 is 4.79 Å². The minimum absolute atomic E-state index is 0.162. The second-order valence-electron chi connectivity index (χ2n) is 4.68. The summed E-state index contributed by atoms with van der Waals surface area (Å²) < 4.78 is 0. The van der Waals surface area contributed by atoms with E-state index in [1.54, 1.807) is 0 Å². The van der Waals surface area contributed by atoms with Crippen molar-refractivity contribution in [3.05, 3.63) is 53.0 Å². The Hall–Kier alpha value is -2.47. The molecule has 0 bridgehead atoms. The van der Waals surface area contributed by atoms with Gasteiger partial charge in [0.2, 0.25) is 0 Å². The van der Waals surface area contributed by atoms with E-state index in [0.717, 1.165) is 18.7 Å². The number of carbonyl (C=O) groups excluding carboxylic acids is 1. The van der Waals surface area contributed by atoms with E-state index in [1.807, 2.05) is 0 Å². The number of carbonyl (C=O) groups is 1. The van der Waals surface area contributed by atoms with Crippen molar-refractivity contribution in [2.45, 2.75) is 19.6 Å². The van der Waals surface area contributed by atoms with Gasteiger partial charge < -0.3 is 16.4 Å². The third-order valence-corrected chi connectivity index (χ3v) is 3.29. The fraction of sp³-hybridized carbons (Fsp3) is 0.214. The van der Waals surface area contributed by atoms with Gasteiger partial charge in [0.15, 0.2) is 11.5 Å². The van der Waals surface area contributed by atoms with Gasteiger partial charge in [-0.25, -0.2) is 9.97 Å². The molecular formula is C14H15N5O. The first-order valence-corrected chi connectivity index (χ1v) is 6.40. The lowest BCUT2D eigenvalue weighted by molar-refractivity contribution is 0.0996. The Bertz CT molecular complexity index is 656. The van der Waals surface area contributed by atoms with E-state index in [4.69, 9.17) is 5.73 Å². The molecule has 1 aromatic heterocycles. The van der Waals surface area contributed by atoms with Crippen LogP contribution in [0.1, 0.15) is 27.2 Å². The van der Waals surface area contributed by atoms with E-state index < -0.39 is 5.91 Å². The predicted molar refractivity (Wildman–Crippen MR) is 74.9 cm³/mol. The molecule has 4 N–H and O–H groups in total. The van der Waals surface area contributed by atoms with Crippen LogP contribution < -0.4 is 16.4 Å². The monoisotopic (exact) mass is 269 g/mol. The zero-order valence-corrected chi connectivity index (χ0v) is 10.9. The fourth-order valence-corrected chi connectivity index (χ4v) is 2.29. The number of nitrogens with one attached hydrogen (secondary N) is 2. The molecule has 102 valence electrons. The summed E-state index contributed by atoms with van der Waals surface area (Å²) in [5, 5.41) is 6.42. The number of benzene rings is 1. The fourth-order valence-electron chi connectivity index (χ4n) is 2.29. The van der Waals surface area contributed by atoms with Crippen molar-refractivity contribution in [1.82, 2.24) is 15.3 Å². The summed E-state index contributed by atoms with van der Waals surface area (Å²) in [7, 11) is 0. The Kier molecular flexibility index (Phi) is 3.30. The zero-order chi connectivity index (χ0) is 13.9. The molecule has 6 heteroatoms. The normalized spacial score (nSPS) is 13.0. The highest BCUT2D eigenvalue weighted by Crippen LogP contribution is 2.18. The number of anilines is 1. The summed E-state index contributed by atoms with van der Waals surface area (Å²) in [4.78, 5) is 19.3. The molecule has 0 saturated carbocycles. The Morgan fingerprint density at radius 3 is 2.90 bits per heavy atom. The molecule has 3 rings (SSSR count).